The standard InChI is InChI=1S/C19H26N4O2/c1-20-19(25)18-9-11-23(21-18)16-8-5-10-22(13-16)14-17(24)12-15-6-3-2-4-7-15/h2-4,6-7,9,11,16-17,24H,5,8,10,12-14H2,1H3,(H,20,25)/t16-,17+/m0/s1. The number of aliphatic hydroxyl groups is 1. The Hall–Kier alpha value is -2.18. The summed E-state index contributed by atoms with van der Waals surface area (Å²) in [7, 11) is 1.61. The van der Waals surface area contributed by atoms with Crippen LogP contribution in [0.5, 0.6) is 0 Å². The monoisotopic (exact) mass is 342 g/mol. The summed E-state index contributed by atoms with van der Waals surface area (Å²) in [4.78, 5) is 14.0. The fraction of sp³-hybridized carbons (Fsp3) is 0.474. The van der Waals surface area contributed by atoms with Gasteiger partial charge >= 0.3 is 0 Å². The number of benzene rings is 1. The Labute approximate surface area is 148 Å². The second-order valence-corrected chi connectivity index (χ2v) is 6.66. The molecule has 2 atom stereocenters. The topological polar surface area (TPSA) is 70.4 Å². The van der Waals surface area contributed by atoms with E-state index in [1.54, 1.807) is 13.1 Å². The molecule has 0 saturated carbocycles. The first-order valence-corrected chi connectivity index (χ1v) is 8.87. The predicted octanol–water partition coefficient (Wildman–Crippen LogP) is 1.48. The molecule has 2 aromatic rings. The first-order valence-electron chi connectivity index (χ1n) is 8.87. The quantitative estimate of drug-likeness (QED) is 0.834. The molecule has 0 radical (unpaired) electrons. The van der Waals surface area contributed by atoms with Crippen LogP contribution in [0.25, 0.3) is 0 Å². The summed E-state index contributed by atoms with van der Waals surface area (Å²) in [5.74, 6) is -0.162. The molecule has 1 saturated heterocycles. The van der Waals surface area contributed by atoms with Gasteiger partial charge in [-0.05, 0) is 37.4 Å². The lowest BCUT2D eigenvalue weighted by molar-refractivity contribution is 0.0839. The number of aromatic nitrogens is 2. The number of carbonyl (C=O) groups excluding carboxylic acids is 1. The van der Waals surface area contributed by atoms with E-state index < -0.39 is 0 Å². The molecule has 1 amide bonds. The molecule has 1 aliphatic heterocycles. The molecule has 2 N–H and O–H groups in total. The number of nitrogens with zero attached hydrogens (tertiary/aromatic N) is 3. The SMILES string of the molecule is CNC(=O)c1ccn([C@H]2CCCN(C[C@H](O)Cc3ccccc3)C2)n1. The highest BCUT2D eigenvalue weighted by atomic mass is 16.3. The minimum absolute atomic E-state index is 0.162. The lowest BCUT2D eigenvalue weighted by Gasteiger charge is -2.34. The normalized spacial score (nSPS) is 19.5. The van der Waals surface area contributed by atoms with E-state index in [0.29, 0.717) is 18.7 Å². The van der Waals surface area contributed by atoms with E-state index in [9.17, 15) is 9.90 Å². The maximum Gasteiger partial charge on any atom is 0.271 e. The summed E-state index contributed by atoms with van der Waals surface area (Å²) in [6.07, 6.45) is 4.28. The minimum Gasteiger partial charge on any atom is -0.391 e. The molecule has 0 unspecified atom stereocenters. The fourth-order valence-electron chi connectivity index (χ4n) is 3.45. The van der Waals surface area contributed by atoms with Crippen molar-refractivity contribution in [2.45, 2.75) is 31.4 Å². The Morgan fingerprint density at radius 2 is 2.16 bits per heavy atom. The zero-order valence-corrected chi connectivity index (χ0v) is 14.6. The number of aliphatic hydroxyl groups excluding tert-OH is 1. The van der Waals surface area contributed by atoms with Crippen LogP contribution in [0.15, 0.2) is 42.6 Å². The van der Waals surface area contributed by atoms with Crippen LogP contribution in [0.1, 0.15) is 34.9 Å². The second kappa shape index (κ2) is 8.27. The van der Waals surface area contributed by atoms with Crippen LogP contribution in [0.4, 0.5) is 0 Å². The minimum atomic E-state index is -0.375. The Balaban J connectivity index is 1.55. The van der Waals surface area contributed by atoms with Crippen molar-refractivity contribution in [2.75, 3.05) is 26.7 Å². The summed E-state index contributed by atoms with van der Waals surface area (Å²) in [5.41, 5.74) is 1.61. The average molecular weight is 342 g/mol. The summed E-state index contributed by atoms with van der Waals surface area (Å²) in [5, 5.41) is 17.4. The third kappa shape index (κ3) is 4.67. The number of nitrogens with one attached hydrogen (secondary N) is 1. The van der Waals surface area contributed by atoms with E-state index in [2.05, 4.69) is 15.3 Å². The highest BCUT2D eigenvalue weighted by Crippen LogP contribution is 2.21. The number of β-amino-alcohol motifs (C(OH)–C–C–N with tert-alkyl or cyclic N) is 1. The lowest BCUT2D eigenvalue weighted by atomic mass is 10.0. The maximum atomic E-state index is 11.7. The summed E-state index contributed by atoms with van der Waals surface area (Å²) in [6, 6.07) is 12.1. The summed E-state index contributed by atoms with van der Waals surface area (Å²) >= 11 is 0. The fourth-order valence-corrected chi connectivity index (χ4v) is 3.45. The molecule has 6 nitrogen and oxygen atoms in total. The van der Waals surface area contributed by atoms with Crippen molar-refractivity contribution in [1.82, 2.24) is 20.0 Å². The molecule has 1 aromatic carbocycles. The molecule has 1 aromatic heterocycles. The number of hydrogen-bond acceptors (Lipinski definition) is 4. The molecule has 25 heavy (non-hydrogen) atoms. The van der Waals surface area contributed by atoms with E-state index >= 15 is 0 Å². The van der Waals surface area contributed by atoms with Gasteiger partial charge in [-0.25, -0.2) is 0 Å². The first-order chi connectivity index (χ1) is 12.2. The lowest BCUT2D eigenvalue weighted by Crippen LogP contribution is -2.41. The highest BCUT2D eigenvalue weighted by Gasteiger charge is 2.24. The maximum absolute atomic E-state index is 11.7. The van der Waals surface area contributed by atoms with Gasteiger partial charge in [0, 0.05) is 26.3 Å². The van der Waals surface area contributed by atoms with Gasteiger partial charge in [0.1, 0.15) is 5.69 Å². The zero-order valence-electron chi connectivity index (χ0n) is 14.6. The number of amides is 1. The van der Waals surface area contributed by atoms with E-state index in [1.807, 2.05) is 41.2 Å². The molecule has 2 heterocycles. The van der Waals surface area contributed by atoms with Crippen molar-refractivity contribution in [3.63, 3.8) is 0 Å². The number of rotatable bonds is 6. The van der Waals surface area contributed by atoms with Gasteiger partial charge in [-0.1, -0.05) is 30.3 Å². The molecular weight excluding hydrogens is 316 g/mol. The van der Waals surface area contributed by atoms with Crippen molar-refractivity contribution in [3.8, 4) is 0 Å². The number of piperidine rings is 1. The van der Waals surface area contributed by atoms with Crippen LogP contribution in [0.3, 0.4) is 0 Å². The average Bonchev–Trinajstić information content (AvgIpc) is 3.12. The van der Waals surface area contributed by atoms with Crippen LogP contribution in [0, 0.1) is 0 Å². The van der Waals surface area contributed by atoms with Crippen molar-refractivity contribution in [2.24, 2.45) is 0 Å². The van der Waals surface area contributed by atoms with Gasteiger partial charge in [-0.2, -0.15) is 5.10 Å². The van der Waals surface area contributed by atoms with Crippen molar-refractivity contribution in [3.05, 3.63) is 53.9 Å². The Morgan fingerprint density at radius 3 is 2.92 bits per heavy atom. The Bertz CT molecular complexity index is 686. The smallest absolute Gasteiger partial charge is 0.271 e. The largest absolute Gasteiger partial charge is 0.391 e. The molecule has 134 valence electrons. The van der Waals surface area contributed by atoms with Crippen LogP contribution in [0.2, 0.25) is 0 Å². The number of likely N-dealkylation sites (tertiary alicyclic amines) is 1. The molecule has 0 aliphatic carbocycles. The van der Waals surface area contributed by atoms with Gasteiger partial charge in [-0.3, -0.25) is 14.4 Å². The van der Waals surface area contributed by atoms with E-state index in [1.165, 1.54) is 0 Å². The van der Waals surface area contributed by atoms with Crippen LogP contribution in [-0.2, 0) is 6.42 Å². The van der Waals surface area contributed by atoms with Gasteiger partial charge in [0.25, 0.3) is 5.91 Å². The number of hydrogen-bond donors (Lipinski definition) is 2. The van der Waals surface area contributed by atoms with Gasteiger partial charge in [-0.15, -0.1) is 0 Å². The van der Waals surface area contributed by atoms with Gasteiger partial charge in [0.15, 0.2) is 0 Å². The predicted molar refractivity (Wildman–Crippen MR) is 96.5 cm³/mol. The summed E-state index contributed by atoms with van der Waals surface area (Å²) < 4.78 is 1.89. The molecule has 1 fully saturated rings. The molecule has 0 bridgehead atoms. The van der Waals surface area contributed by atoms with Crippen LogP contribution < -0.4 is 5.32 Å². The Kier molecular flexibility index (Phi) is 5.83. The molecule has 1 aliphatic rings. The third-order valence-corrected chi connectivity index (χ3v) is 4.71. The van der Waals surface area contributed by atoms with Gasteiger partial charge < -0.3 is 10.4 Å². The van der Waals surface area contributed by atoms with Gasteiger partial charge in [0.2, 0.25) is 0 Å². The van der Waals surface area contributed by atoms with E-state index in [-0.39, 0.29) is 18.1 Å². The first kappa shape index (κ1) is 17.6. The second-order valence-electron chi connectivity index (χ2n) is 6.66. The molecule has 6 heteroatoms. The molecule has 0 spiro atoms. The third-order valence-electron chi connectivity index (χ3n) is 4.71. The zero-order chi connectivity index (χ0) is 17.6. The highest BCUT2D eigenvalue weighted by molar-refractivity contribution is 5.91. The van der Waals surface area contributed by atoms with E-state index in [4.69, 9.17) is 0 Å². The van der Waals surface area contributed by atoms with Crippen LogP contribution >= 0.6 is 0 Å². The van der Waals surface area contributed by atoms with Crippen LogP contribution in [-0.4, -0.2) is 58.5 Å². The van der Waals surface area contributed by atoms with Crippen molar-refractivity contribution in [1.29, 1.82) is 0 Å². The molecule has 3 rings (SSSR count). The summed E-state index contributed by atoms with van der Waals surface area (Å²) in [6.45, 7) is 2.50. The van der Waals surface area contributed by atoms with Crippen molar-refractivity contribution < 1.29 is 9.90 Å². The van der Waals surface area contributed by atoms with E-state index in [0.717, 1.165) is 31.5 Å². The molecular formula is C19H26N4O2. The van der Waals surface area contributed by atoms with Crippen molar-refractivity contribution >= 4 is 5.91 Å². The van der Waals surface area contributed by atoms with Gasteiger partial charge in [0.05, 0.1) is 12.1 Å². The number of carbonyl (C=O) groups is 1. The Morgan fingerprint density at radius 1 is 1.36 bits per heavy atom.